The summed E-state index contributed by atoms with van der Waals surface area (Å²) in [5.74, 6) is 1.05. The van der Waals surface area contributed by atoms with E-state index in [0.29, 0.717) is 0 Å². The summed E-state index contributed by atoms with van der Waals surface area (Å²) in [6.45, 7) is 8.29. The average molecular weight is 337 g/mol. The molecule has 1 aliphatic rings. The van der Waals surface area contributed by atoms with Crippen LogP contribution in [-0.4, -0.2) is 30.6 Å². The first-order valence-electron chi connectivity index (χ1n) is 6.85. The Bertz CT molecular complexity index is 530. The van der Waals surface area contributed by atoms with Gasteiger partial charge in [0.15, 0.2) is 0 Å². The van der Waals surface area contributed by atoms with Crippen molar-refractivity contribution in [3.8, 4) is 11.8 Å². The van der Waals surface area contributed by atoms with Crippen molar-refractivity contribution in [2.45, 2.75) is 32.2 Å². The van der Waals surface area contributed by atoms with Crippen LogP contribution >= 0.6 is 15.9 Å². The average Bonchev–Trinajstić information content (AvgIpc) is 2.82. The highest BCUT2D eigenvalue weighted by molar-refractivity contribution is 9.10. The van der Waals surface area contributed by atoms with E-state index in [9.17, 15) is 5.26 Å². The van der Waals surface area contributed by atoms with Crippen molar-refractivity contribution < 1.29 is 4.74 Å². The van der Waals surface area contributed by atoms with Gasteiger partial charge in [-0.1, -0.05) is 22.0 Å². The lowest BCUT2D eigenvalue weighted by molar-refractivity contribution is 0.170. The second kappa shape index (κ2) is 5.75. The first-order valence-corrected chi connectivity index (χ1v) is 7.65. The van der Waals surface area contributed by atoms with Crippen molar-refractivity contribution in [2.24, 2.45) is 5.92 Å². The summed E-state index contributed by atoms with van der Waals surface area (Å²) in [4.78, 5) is 2.38. The molecule has 0 amide bonds. The molecule has 2 atom stereocenters. The fourth-order valence-corrected chi connectivity index (χ4v) is 3.47. The quantitative estimate of drug-likeness (QED) is 0.824. The molecule has 1 fully saturated rings. The Labute approximate surface area is 129 Å². The lowest BCUT2D eigenvalue weighted by Crippen LogP contribution is -2.39. The van der Waals surface area contributed by atoms with Gasteiger partial charge in [-0.25, -0.2) is 0 Å². The van der Waals surface area contributed by atoms with E-state index in [1.54, 1.807) is 7.11 Å². The van der Waals surface area contributed by atoms with E-state index in [4.69, 9.17) is 4.74 Å². The molecule has 4 heteroatoms. The minimum atomic E-state index is 0.00169. The fraction of sp³-hybridized carbons (Fsp3) is 0.562. The molecule has 0 spiro atoms. The van der Waals surface area contributed by atoms with Gasteiger partial charge in [0.2, 0.25) is 0 Å². The Balaban J connectivity index is 2.40. The van der Waals surface area contributed by atoms with Crippen LogP contribution in [0.25, 0.3) is 0 Å². The Hall–Kier alpha value is -1.05. The molecule has 1 saturated heterocycles. The molecular weight excluding hydrogens is 316 g/mol. The van der Waals surface area contributed by atoms with Crippen LogP contribution in [0.15, 0.2) is 22.7 Å². The maximum absolute atomic E-state index is 9.50. The smallest absolute Gasteiger partial charge is 0.123 e. The minimum absolute atomic E-state index is 0.00169. The van der Waals surface area contributed by atoms with Crippen LogP contribution < -0.4 is 4.74 Å². The van der Waals surface area contributed by atoms with Crippen molar-refractivity contribution >= 4 is 15.9 Å². The highest BCUT2D eigenvalue weighted by Gasteiger charge is 2.40. The zero-order valence-corrected chi connectivity index (χ0v) is 14.1. The van der Waals surface area contributed by atoms with Gasteiger partial charge in [-0.3, -0.25) is 4.90 Å². The summed E-state index contributed by atoms with van der Waals surface area (Å²) >= 11 is 3.62. The van der Waals surface area contributed by atoms with Gasteiger partial charge in [-0.05, 0) is 32.9 Å². The normalized spacial score (nSPS) is 23.6. The number of hydrogen-bond donors (Lipinski definition) is 0. The number of nitriles is 1. The molecule has 1 aromatic rings. The molecule has 0 bridgehead atoms. The third-order valence-electron chi connectivity index (χ3n) is 4.04. The lowest BCUT2D eigenvalue weighted by atomic mass is 9.89. The Morgan fingerprint density at radius 3 is 2.60 bits per heavy atom. The number of ether oxygens (including phenoxy) is 1. The topological polar surface area (TPSA) is 36.3 Å². The number of halogens is 1. The highest BCUT2D eigenvalue weighted by atomic mass is 79.9. The van der Waals surface area contributed by atoms with E-state index in [1.165, 1.54) is 0 Å². The van der Waals surface area contributed by atoms with Crippen molar-refractivity contribution in [3.05, 3.63) is 28.2 Å². The standard InChI is InChI=1S/C16H21BrN2O/c1-16(2,3)19-9-11(8-18)12(10-19)15-13(17)6-5-7-14(15)20-4/h5-7,11-12H,9-10H2,1-4H3/t11-,12-/m1/s1. The van der Waals surface area contributed by atoms with Gasteiger partial charge in [-0.2, -0.15) is 5.26 Å². The molecule has 0 aromatic heterocycles. The molecule has 0 unspecified atom stereocenters. The second-order valence-corrected chi connectivity index (χ2v) is 7.13. The predicted octanol–water partition coefficient (Wildman–Crippen LogP) is 3.80. The van der Waals surface area contributed by atoms with Crippen molar-refractivity contribution in [2.75, 3.05) is 20.2 Å². The first-order chi connectivity index (χ1) is 9.38. The fourth-order valence-electron chi connectivity index (χ4n) is 2.83. The van der Waals surface area contributed by atoms with Gasteiger partial charge >= 0.3 is 0 Å². The van der Waals surface area contributed by atoms with Crippen LogP contribution in [0.5, 0.6) is 5.75 Å². The summed E-state index contributed by atoms with van der Waals surface area (Å²) in [5, 5.41) is 9.50. The van der Waals surface area contributed by atoms with Gasteiger partial charge in [0.05, 0.1) is 19.1 Å². The molecule has 0 aliphatic carbocycles. The number of hydrogen-bond acceptors (Lipinski definition) is 3. The van der Waals surface area contributed by atoms with Crippen LogP contribution in [-0.2, 0) is 0 Å². The largest absolute Gasteiger partial charge is 0.496 e. The van der Waals surface area contributed by atoms with Crippen molar-refractivity contribution in [1.82, 2.24) is 4.90 Å². The molecule has 0 radical (unpaired) electrons. The van der Waals surface area contributed by atoms with Crippen LogP contribution in [0.1, 0.15) is 32.3 Å². The van der Waals surface area contributed by atoms with E-state index < -0.39 is 0 Å². The van der Waals surface area contributed by atoms with E-state index in [1.807, 2.05) is 18.2 Å². The van der Waals surface area contributed by atoms with Crippen LogP contribution in [0.3, 0.4) is 0 Å². The molecule has 0 N–H and O–H groups in total. The molecule has 1 aliphatic heterocycles. The highest BCUT2D eigenvalue weighted by Crippen LogP contribution is 2.42. The monoisotopic (exact) mass is 336 g/mol. The minimum Gasteiger partial charge on any atom is -0.496 e. The summed E-state index contributed by atoms with van der Waals surface area (Å²) in [5.41, 5.74) is 1.20. The summed E-state index contributed by atoms with van der Waals surface area (Å²) in [6, 6.07) is 8.42. The maximum Gasteiger partial charge on any atom is 0.123 e. The van der Waals surface area contributed by atoms with E-state index in [-0.39, 0.29) is 17.4 Å². The number of methoxy groups -OCH3 is 1. The van der Waals surface area contributed by atoms with Crippen molar-refractivity contribution in [3.63, 3.8) is 0 Å². The summed E-state index contributed by atoms with van der Waals surface area (Å²) in [7, 11) is 1.68. The molecule has 108 valence electrons. The number of nitrogens with zero attached hydrogens (tertiary/aromatic N) is 2. The number of benzene rings is 1. The maximum atomic E-state index is 9.50. The molecule has 1 aromatic carbocycles. The number of likely N-dealkylation sites (tertiary alicyclic amines) is 1. The van der Waals surface area contributed by atoms with Gasteiger partial charge in [0.1, 0.15) is 5.75 Å². The zero-order valence-electron chi connectivity index (χ0n) is 12.5. The molecule has 20 heavy (non-hydrogen) atoms. The molecule has 0 saturated carbocycles. The van der Waals surface area contributed by atoms with Crippen LogP contribution in [0.2, 0.25) is 0 Å². The van der Waals surface area contributed by atoms with Gasteiger partial charge < -0.3 is 4.74 Å². The van der Waals surface area contributed by atoms with Crippen molar-refractivity contribution in [1.29, 1.82) is 5.26 Å². The van der Waals surface area contributed by atoms with Crippen LogP contribution in [0.4, 0.5) is 0 Å². The second-order valence-electron chi connectivity index (χ2n) is 6.27. The molecule has 2 rings (SSSR count). The molecule has 3 nitrogen and oxygen atoms in total. The third kappa shape index (κ3) is 2.84. The lowest BCUT2D eigenvalue weighted by Gasteiger charge is -2.31. The van der Waals surface area contributed by atoms with Gasteiger partial charge in [-0.15, -0.1) is 0 Å². The third-order valence-corrected chi connectivity index (χ3v) is 4.73. The Morgan fingerprint density at radius 1 is 1.35 bits per heavy atom. The Morgan fingerprint density at radius 2 is 2.05 bits per heavy atom. The molecule has 1 heterocycles. The van der Waals surface area contributed by atoms with E-state index >= 15 is 0 Å². The summed E-state index contributed by atoms with van der Waals surface area (Å²) < 4.78 is 6.52. The number of rotatable bonds is 2. The SMILES string of the molecule is COc1cccc(Br)c1[C@@H]1CN(C(C)(C)C)C[C@H]1C#N. The van der Waals surface area contributed by atoms with E-state index in [2.05, 4.69) is 47.7 Å². The molecular formula is C16H21BrN2O. The zero-order chi connectivity index (χ0) is 14.9. The van der Waals surface area contributed by atoms with E-state index in [0.717, 1.165) is 28.9 Å². The Kier molecular flexibility index (Phi) is 4.41. The summed E-state index contributed by atoms with van der Waals surface area (Å²) in [6.07, 6.45) is 0. The van der Waals surface area contributed by atoms with Gasteiger partial charge in [0, 0.05) is 34.6 Å². The predicted molar refractivity (Wildman–Crippen MR) is 83.9 cm³/mol. The van der Waals surface area contributed by atoms with Crippen LogP contribution in [0, 0.1) is 17.2 Å². The first kappa shape index (κ1) is 15.3. The van der Waals surface area contributed by atoms with Gasteiger partial charge in [0.25, 0.3) is 0 Å².